The van der Waals surface area contributed by atoms with Crippen molar-refractivity contribution < 1.29 is 9.53 Å². The maximum Gasteiger partial charge on any atom is 0.344 e. The van der Waals surface area contributed by atoms with Crippen LogP contribution in [-0.4, -0.2) is 17.1 Å². The molecule has 1 aromatic heterocycles. The smallest absolute Gasteiger partial charge is 0.344 e. The standard InChI is InChI=1S/C18H19Cl2NO3/c1-5-21-11(4)10(3)17(22)15(18(23)24-6-2)16(21)12-7-8-13(19)14(20)9-12/h7-9H,5-6H2,1-4H3. The van der Waals surface area contributed by atoms with Gasteiger partial charge in [0, 0.05) is 23.4 Å². The molecule has 0 aliphatic heterocycles. The minimum atomic E-state index is -0.631. The van der Waals surface area contributed by atoms with E-state index in [0.717, 1.165) is 5.69 Å². The Balaban J connectivity index is 2.92. The third kappa shape index (κ3) is 3.21. The number of nitrogens with zero attached hydrogens (tertiary/aromatic N) is 1. The average Bonchev–Trinajstić information content (AvgIpc) is 2.55. The lowest BCUT2D eigenvalue weighted by Gasteiger charge is -2.20. The van der Waals surface area contributed by atoms with E-state index in [1.54, 1.807) is 32.0 Å². The van der Waals surface area contributed by atoms with E-state index >= 15 is 0 Å². The van der Waals surface area contributed by atoms with Crippen LogP contribution in [0.1, 0.15) is 35.5 Å². The van der Waals surface area contributed by atoms with Gasteiger partial charge in [-0.25, -0.2) is 4.79 Å². The highest BCUT2D eigenvalue weighted by Crippen LogP contribution is 2.31. The molecular weight excluding hydrogens is 349 g/mol. The van der Waals surface area contributed by atoms with Crippen molar-refractivity contribution in [2.24, 2.45) is 0 Å². The van der Waals surface area contributed by atoms with Crippen LogP contribution in [0.5, 0.6) is 0 Å². The highest BCUT2D eigenvalue weighted by atomic mass is 35.5. The van der Waals surface area contributed by atoms with Crippen LogP contribution >= 0.6 is 23.2 Å². The number of benzene rings is 1. The van der Waals surface area contributed by atoms with Crippen molar-refractivity contribution in [3.05, 3.63) is 55.3 Å². The number of hydrogen-bond acceptors (Lipinski definition) is 3. The molecular formula is C18H19Cl2NO3. The Kier molecular flexibility index (Phi) is 5.73. The molecule has 0 N–H and O–H groups in total. The molecule has 6 heteroatoms. The fraction of sp³-hybridized carbons (Fsp3) is 0.333. The lowest BCUT2D eigenvalue weighted by atomic mass is 10.0. The first-order valence-electron chi connectivity index (χ1n) is 7.69. The number of ether oxygens (including phenoxy) is 1. The molecule has 0 saturated carbocycles. The summed E-state index contributed by atoms with van der Waals surface area (Å²) >= 11 is 12.1. The predicted octanol–water partition coefficient (Wildman–Crippen LogP) is 4.64. The first kappa shape index (κ1) is 18.6. The second kappa shape index (κ2) is 7.41. The van der Waals surface area contributed by atoms with Gasteiger partial charge in [-0.1, -0.05) is 29.3 Å². The first-order valence-corrected chi connectivity index (χ1v) is 8.45. The van der Waals surface area contributed by atoms with Crippen LogP contribution in [0.3, 0.4) is 0 Å². The van der Waals surface area contributed by atoms with E-state index < -0.39 is 5.97 Å². The summed E-state index contributed by atoms with van der Waals surface area (Å²) in [5.41, 5.74) is 2.19. The average molecular weight is 368 g/mol. The maximum absolute atomic E-state index is 12.7. The molecule has 1 aromatic carbocycles. The summed E-state index contributed by atoms with van der Waals surface area (Å²) in [5, 5.41) is 0.768. The highest BCUT2D eigenvalue weighted by Gasteiger charge is 2.24. The van der Waals surface area contributed by atoms with Gasteiger partial charge in [0.15, 0.2) is 5.43 Å². The van der Waals surface area contributed by atoms with Crippen molar-refractivity contribution in [2.75, 3.05) is 6.61 Å². The molecule has 0 saturated heterocycles. The van der Waals surface area contributed by atoms with Crippen LogP contribution in [0.15, 0.2) is 23.0 Å². The molecule has 0 radical (unpaired) electrons. The van der Waals surface area contributed by atoms with Gasteiger partial charge >= 0.3 is 5.97 Å². The second-order valence-electron chi connectivity index (χ2n) is 5.36. The molecule has 0 aliphatic rings. The van der Waals surface area contributed by atoms with Crippen LogP contribution in [0, 0.1) is 13.8 Å². The first-order chi connectivity index (χ1) is 11.3. The van der Waals surface area contributed by atoms with Crippen molar-refractivity contribution in [3.8, 4) is 11.3 Å². The van der Waals surface area contributed by atoms with Crippen LogP contribution in [0.4, 0.5) is 0 Å². The Bertz CT molecular complexity index is 856. The Morgan fingerprint density at radius 1 is 1.17 bits per heavy atom. The molecule has 4 nitrogen and oxygen atoms in total. The number of aromatic nitrogens is 1. The molecule has 0 bridgehead atoms. The summed E-state index contributed by atoms with van der Waals surface area (Å²) in [4.78, 5) is 25.2. The van der Waals surface area contributed by atoms with Gasteiger partial charge in [0.25, 0.3) is 0 Å². The quantitative estimate of drug-likeness (QED) is 0.739. The van der Waals surface area contributed by atoms with Crippen molar-refractivity contribution in [1.82, 2.24) is 4.57 Å². The number of esters is 1. The Morgan fingerprint density at radius 2 is 1.83 bits per heavy atom. The molecule has 0 amide bonds. The highest BCUT2D eigenvalue weighted by molar-refractivity contribution is 6.42. The monoisotopic (exact) mass is 367 g/mol. The number of halogens is 2. The van der Waals surface area contributed by atoms with Crippen molar-refractivity contribution in [3.63, 3.8) is 0 Å². The zero-order chi connectivity index (χ0) is 18.0. The van der Waals surface area contributed by atoms with Gasteiger partial charge in [0.05, 0.1) is 22.3 Å². The maximum atomic E-state index is 12.7. The second-order valence-corrected chi connectivity index (χ2v) is 6.17. The van der Waals surface area contributed by atoms with Crippen LogP contribution < -0.4 is 5.43 Å². The van der Waals surface area contributed by atoms with E-state index in [2.05, 4.69) is 0 Å². The number of hydrogen-bond donors (Lipinski definition) is 0. The number of pyridine rings is 1. The van der Waals surface area contributed by atoms with E-state index in [0.29, 0.717) is 33.4 Å². The zero-order valence-corrected chi connectivity index (χ0v) is 15.6. The minimum Gasteiger partial charge on any atom is -0.462 e. The molecule has 0 aliphatic carbocycles. The summed E-state index contributed by atoms with van der Waals surface area (Å²) in [7, 11) is 0. The van der Waals surface area contributed by atoms with E-state index in [1.165, 1.54) is 0 Å². The largest absolute Gasteiger partial charge is 0.462 e. The van der Waals surface area contributed by atoms with Gasteiger partial charge in [-0.2, -0.15) is 0 Å². The number of carbonyl (C=O) groups is 1. The van der Waals surface area contributed by atoms with Gasteiger partial charge in [0.1, 0.15) is 5.56 Å². The summed E-state index contributed by atoms with van der Waals surface area (Å²) < 4.78 is 7.03. The molecule has 0 spiro atoms. The number of rotatable bonds is 4. The van der Waals surface area contributed by atoms with Crippen molar-refractivity contribution >= 4 is 29.2 Å². The third-order valence-corrected chi connectivity index (χ3v) is 4.75. The summed E-state index contributed by atoms with van der Waals surface area (Å²) in [6, 6.07) is 5.04. The molecule has 0 atom stereocenters. The van der Waals surface area contributed by atoms with Crippen LogP contribution in [-0.2, 0) is 11.3 Å². The van der Waals surface area contributed by atoms with E-state index in [1.807, 2.05) is 18.4 Å². The summed E-state index contributed by atoms with van der Waals surface area (Å²) in [5.74, 6) is -0.631. The molecule has 2 rings (SSSR count). The fourth-order valence-corrected chi connectivity index (χ4v) is 2.99. The molecule has 1 heterocycles. The third-order valence-electron chi connectivity index (χ3n) is 4.01. The Morgan fingerprint density at radius 3 is 2.38 bits per heavy atom. The summed E-state index contributed by atoms with van der Waals surface area (Å²) in [6.07, 6.45) is 0. The van der Waals surface area contributed by atoms with E-state index in [9.17, 15) is 9.59 Å². The lowest BCUT2D eigenvalue weighted by Crippen LogP contribution is -2.26. The van der Waals surface area contributed by atoms with Gasteiger partial charge in [-0.05, 0) is 39.8 Å². The van der Waals surface area contributed by atoms with Crippen molar-refractivity contribution in [1.29, 1.82) is 0 Å². The van der Waals surface area contributed by atoms with Crippen LogP contribution in [0.2, 0.25) is 10.0 Å². The Hall–Kier alpha value is -1.78. The van der Waals surface area contributed by atoms with Gasteiger partial charge in [-0.15, -0.1) is 0 Å². The SMILES string of the molecule is CCOC(=O)c1c(-c2ccc(Cl)c(Cl)c2)n(CC)c(C)c(C)c1=O. The van der Waals surface area contributed by atoms with Gasteiger partial charge < -0.3 is 9.30 Å². The van der Waals surface area contributed by atoms with Crippen molar-refractivity contribution in [2.45, 2.75) is 34.2 Å². The van der Waals surface area contributed by atoms with Gasteiger partial charge in [-0.3, -0.25) is 4.79 Å². The van der Waals surface area contributed by atoms with Crippen LogP contribution in [0.25, 0.3) is 11.3 Å². The van der Waals surface area contributed by atoms with E-state index in [4.69, 9.17) is 27.9 Å². The predicted molar refractivity (Wildman–Crippen MR) is 97.3 cm³/mol. The summed E-state index contributed by atoms with van der Waals surface area (Å²) in [6.45, 7) is 8.01. The molecule has 0 fully saturated rings. The van der Waals surface area contributed by atoms with Gasteiger partial charge in [0.2, 0.25) is 0 Å². The Labute approximate surface area is 151 Å². The molecule has 24 heavy (non-hydrogen) atoms. The molecule has 2 aromatic rings. The van der Waals surface area contributed by atoms with E-state index in [-0.39, 0.29) is 17.6 Å². The molecule has 128 valence electrons. The zero-order valence-electron chi connectivity index (χ0n) is 14.1. The fourth-order valence-electron chi connectivity index (χ4n) is 2.70. The lowest BCUT2D eigenvalue weighted by molar-refractivity contribution is 0.0524. The minimum absolute atomic E-state index is 0.0280. The number of carbonyl (C=O) groups excluding carboxylic acids is 1. The normalized spacial score (nSPS) is 10.8. The topological polar surface area (TPSA) is 48.3 Å². The molecule has 0 unspecified atom stereocenters.